The molecule has 1 unspecified atom stereocenters. The van der Waals surface area contributed by atoms with Gasteiger partial charge in [0, 0.05) is 31.1 Å². The molecule has 0 saturated carbocycles. The van der Waals surface area contributed by atoms with Gasteiger partial charge in [-0.15, -0.1) is 11.3 Å². The standard InChI is InChI=1S/C25H35N3O3S/c1-3-4-13-26-25(30)28(17-22-11-8-14-31-22)19-24(29)27(16-21-9-6-5-7-10-21)18-23-20(2)12-15-32-23/h5-7,9-10,12,15,22H,3-4,8,11,13-14,16-19H2,1-2H3,(H,26,30). The third-order valence-corrected chi connectivity index (χ3v) is 6.75. The minimum Gasteiger partial charge on any atom is -0.376 e. The van der Waals surface area contributed by atoms with E-state index in [1.54, 1.807) is 16.2 Å². The number of ether oxygens (including phenoxy) is 1. The van der Waals surface area contributed by atoms with Gasteiger partial charge in [0.1, 0.15) is 6.54 Å². The van der Waals surface area contributed by atoms with Crippen LogP contribution in [0, 0.1) is 6.92 Å². The number of amides is 3. The van der Waals surface area contributed by atoms with Crippen LogP contribution in [0.25, 0.3) is 0 Å². The smallest absolute Gasteiger partial charge is 0.317 e. The lowest BCUT2D eigenvalue weighted by Crippen LogP contribution is -2.49. The number of carbonyl (C=O) groups excluding carboxylic acids is 2. The molecule has 1 aliphatic heterocycles. The molecule has 1 atom stereocenters. The molecule has 32 heavy (non-hydrogen) atoms. The number of hydrogen-bond acceptors (Lipinski definition) is 4. The van der Waals surface area contributed by atoms with Crippen LogP contribution in [0.15, 0.2) is 41.8 Å². The lowest BCUT2D eigenvalue weighted by molar-refractivity contribution is -0.133. The van der Waals surface area contributed by atoms with E-state index in [1.807, 2.05) is 35.2 Å². The number of thiophene rings is 1. The minimum absolute atomic E-state index is 0.00170. The Balaban J connectivity index is 1.72. The van der Waals surface area contributed by atoms with E-state index in [9.17, 15) is 9.59 Å². The summed E-state index contributed by atoms with van der Waals surface area (Å²) in [6.07, 6.45) is 3.86. The molecule has 1 aromatic carbocycles. The fourth-order valence-corrected chi connectivity index (χ4v) is 4.70. The summed E-state index contributed by atoms with van der Waals surface area (Å²) in [5.41, 5.74) is 2.27. The van der Waals surface area contributed by atoms with E-state index >= 15 is 0 Å². The van der Waals surface area contributed by atoms with Crippen molar-refractivity contribution in [3.05, 3.63) is 57.8 Å². The van der Waals surface area contributed by atoms with Gasteiger partial charge in [0.2, 0.25) is 5.91 Å². The van der Waals surface area contributed by atoms with Crippen LogP contribution in [0.5, 0.6) is 0 Å². The van der Waals surface area contributed by atoms with Gasteiger partial charge in [-0.2, -0.15) is 0 Å². The van der Waals surface area contributed by atoms with Crippen molar-refractivity contribution in [3.63, 3.8) is 0 Å². The number of urea groups is 1. The number of benzene rings is 1. The average molecular weight is 458 g/mol. The highest BCUT2D eigenvalue weighted by atomic mass is 32.1. The molecule has 3 rings (SSSR count). The maximum atomic E-state index is 13.5. The van der Waals surface area contributed by atoms with Gasteiger partial charge in [-0.3, -0.25) is 4.79 Å². The molecule has 0 bridgehead atoms. The summed E-state index contributed by atoms with van der Waals surface area (Å²) in [6, 6.07) is 11.9. The Kier molecular flexibility index (Phi) is 9.56. The Bertz CT molecular complexity index is 849. The summed E-state index contributed by atoms with van der Waals surface area (Å²) >= 11 is 1.66. The molecule has 7 heteroatoms. The Labute approximate surface area is 195 Å². The predicted molar refractivity (Wildman–Crippen MR) is 129 cm³/mol. The lowest BCUT2D eigenvalue weighted by Gasteiger charge is -2.29. The summed E-state index contributed by atoms with van der Waals surface area (Å²) in [6.45, 7) is 7.06. The number of hydrogen-bond donors (Lipinski definition) is 1. The highest BCUT2D eigenvalue weighted by Gasteiger charge is 2.26. The molecule has 2 heterocycles. The molecule has 174 valence electrons. The first-order valence-corrected chi connectivity index (χ1v) is 12.4. The van der Waals surface area contributed by atoms with Crippen molar-refractivity contribution in [2.45, 2.75) is 58.7 Å². The summed E-state index contributed by atoms with van der Waals surface area (Å²) in [5.74, 6) is -0.0507. The second kappa shape index (κ2) is 12.6. The molecule has 1 fully saturated rings. The van der Waals surface area contributed by atoms with Crippen LogP contribution in [-0.4, -0.2) is 54.1 Å². The normalized spacial score (nSPS) is 15.5. The maximum Gasteiger partial charge on any atom is 0.317 e. The second-order valence-electron chi connectivity index (χ2n) is 8.36. The van der Waals surface area contributed by atoms with Crippen LogP contribution in [0.3, 0.4) is 0 Å². The quantitative estimate of drug-likeness (QED) is 0.503. The summed E-state index contributed by atoms with van der Waals surface area (Å²) in [7, 11) is 0. The molecule has 0 spiro atoms. The van der Waals surface area contributed by atoms with Crippen LogP contribution in [0.1, 0.15) is 48.6 Å². The largest absolute Gasteiger partial charge is 0.376 e. The van der Waals surface area contributed by atoms with Crippen LogP contribution in [0.2, 0.25) is 0 Å². The van der Waals surface area contributed by atoms with Gasteiger partial charge in [-0.25, -0.2) is 4.79 Å². The minimum atomic E-state index is -0.186. The number of carbonyl (C=O) groups is 2. The summed E-state index contributed by atoms with van der Waals surface area (Å²) in [5, 5.41) is 5.03. The molecule has 1 saturated heterocycles. The SMILES string of the molecule is CCCCNC(=O)N(CC(=O)N(Cc1ccccc1)Cc1sccc1C)CC1CCCO1. The second-order valence-corrected chi connectivity index (χ2v) is 9.36. The van der Waals surface area contributed by atoms with Crippen LogP contribution < -0.4 is 5.32 Å². The van der Waals surface area contributed by atoms with E-state index in [1.165, 1.54) is 10.4 Å². The Hall–Kier alpha value is -2.38. The first-order valence-electron chi connectivity index (χ1n) is 11.6. The first-order chi connectivity index (χ1) is 15.6. The van der Waals surface area contributed by atoms with Crippen molar-refractivity contribution >= 4 is 23.3 Å². The molecule has 1 N–H and O–H groups in total. The van der Waals surface area contributed by atoms with Crippen LogP contribution in [0.4, 0.5) is 4.79 Å². The number of nitrogens with zero attached hydrogens (tertiary/aromatic N) is 2. The number of aryl methyl sites for hydroxylation is 1. The van der Waals surface area contributed by atoms with Gasteiger partial charge >= 0.3 is 6.03 Å². The fraction of sp³-hybridized carbons (Fsp3) is 0.520. The van der Waals surface area contributed by atoms with Crippen molar-refractivity contribution in [2.75, 3.05) is 26.2 Å². The fourth-order valence-electron chi connectivity index (χ4n) is 3.78. The van der Waals surface area contributed by atoms with Crippen molar-refractivity contribution in [3.8, 4) is 0 Å². The molecule has 2 aromatic rings. The van der Waals surface area contributed by atoms with Crippen molar-refractivity contribution in [1.82, 2.24) is 15.1 Å². The number of rotatable bonds is 11. The average Bonchev–Trinajstić information content (AvgIpc) is 3.45. The van der Waals surface area contributed by atoms with Crippen molar-refractivity contribution < 1.29 is 14.3 Å². The zero-order chi connectivity index (χ0) is 22.8. The van der Waals surface area contributed by atoms with E-state index in [2.05, 4.69) is 30.6 Å². The third kappa shape index (κ3) is 7.35. The van der Waals surface area contributed by atoms with Gasteiger partial charge in [-0.1, -0.05) is 43.7 Å². The van der Waals surface area contributed by atoms with E-state index < -0.39 is 0 Å². The Morgan fingerprint density at radius 1 is 1.16 bits per heavy atom. The van der Waals surface area contributed by atoms with E-state index in [-0.39, 0.29) is 24.6 Å². The topological polar surface area (TPSA) is 61.9 Å². The van der Waals surface area contributed by atoms with Gasteiger partial charge in [0.15, 0.2) is 0 Å². The molecular weight excluding hydrogens is 422 g/mol. The van der Waals surface area contributed by atoms with Crippen LogP contribution >= 0.6 is 11.3 Å². The van der Waals surface area contributed by atoms with E-state index in [0.717, 1.165) is 37.9 Å². The van der Waals surface area contributed by atoms with E-state index in [4.69, 9.17) is 4.74 Å². The van der Waals surface area contributed by atoms with E-state index in [0.29, 0.717) is 26.2 Å². The lowest BCUT2D eigenvalue weighted by atomic mass is 10.2. The van der Waals surface area contributed by atoms with Crippen molar-refractivity contribution in [2.24, 2.45) is 0 Å². The molecule has 1 aliphatic rings. The first kappa shape index (κ1) is 24.3. The van der Waals surface area contributed by atoms with Crippen molar-refractivity contribution in [1.29, 1.82) is 0 Å². The molecule has 0 aliphatic carbocycles. The predicted octanol–water partition coefficient (Wildman–Crippen LogP) is 4.58. The number of nitrogens with one attached hydrogen (secondary N) is 1. The Morgan fingerprint density at radius 2 is 1.97 bits per heavy atom. The molecule has 3 amide bonds. The van der Waals surface area contributed by atoms with Gasteiger partial charge in [-0.05, 0) is 48.8 Å². The zero-order valence-electron chi connectivity index (χ0n) is 19.2. The van der Waals surface area contributed by atoms with Gasteiger partial charge in [0.25, 0.3) is 0 Å². The Morgan fingerprint density at radius 3 is 2.62 bits per heavy atom. The molecular formula is C25H35N3O3S. The molecule has 0 radical (unpaired) electrons. The third-order valence-electron chi connectivity index (χ3n) is 5.74. The highest BCUT2D eigenvalue weighted by Crippen LogP contribution is 2.20. The zero-order valence-corrected chi connectivity index (χ0v) is 20.0. The number of unbranched alkanes of at least 4 members (excludes halogenated alkanes) is 1. The van der Waals surface area contributed by atoms with Gasteiger partial charge in [0.05, 0.1) is 12.6 Å². The molecule has 6 nitrogen and oxygen atoms in total. The summed E-state index contributed by atoms with van der Waals surface area (Å²) < 4.78 is 5.75. The maximum absolute atomic E-state index is 13.5. The summed E-state index contributed by atoms with van der Waals surface area (Å²) in [4.78, 5) is 31.0. The molecule has 1 aromatic heterocycles. The monoisotopic (exact) mass is 457 g/mol. The van der Waals surface area contributed by atoms with Gasteiger partial charge < -0.3 is 19.9 Å². The van der Waals surface area contributed by atoms with Crippen LogP contribution in [-0.2, 0) is 22.6 Å². The highest BCUT2D eigenvalue weighted by molar-refractivity contribution is 7.10.